The fourth-order valence-electron chi connectivity index (χ4n) is 1.91. The van der Waals surface area contributed by atoms with Crippen LogP contribution in [-0.2, 0) is 6.61 Å². The number of rotatable bonds is 5. The number of hydrogen-bond donors (Lipinski definition) is 1. The van der Waals surface area contributed by atoms with Crippen LogP contribution in [0.15, 0.2) is 67.3 Å². The lowest BCUT2D eigenvalue weighted by molar-refractivity contribution is 0.102. The van der Waals surface area contributed by atoms with Gasteiger partial charge < -0.3 is 10.1 Å². The molecule has 1 amide bonds. The molecule has 6 heteroatoms. The molecule has 0 saturated carbocycles. The zero-order valence-corrected chi connectivity index (χ0v) is 12.2. The van der Waals surface area contributed by atoms with E-state index in [1.54, 1.807) is 24.5 Å². The van der Waals surface area contributed by atoms with Gasteiger partial charge in [0.2, 0.25) is 5.88 Å². The summed E-state index contributed by atoms with van der Waals surface area (Å²) in [6.07, 6.45) is 4.50. The van der Waals surface area contributed by atoms with E-state index < -0.39 is 0 Å². The number of pyridine rings is 1. The molecule has 114 valence electrons. The van der Waals surface area contributed by atoms with Crippen LogP contribution in [0.5, 0.6) is 5.88 Å². The minimum atomic E-state index is -0.343. The van der Waals surface area contributed by atoms with Crippen LogP contribution >= 0.6 is 0 Å². The Hall–Kier alpha value is -3.28. The van der Waals surface area contributed by atoms with E-state index in [0.717, 1.165) is 5.56 Å². The molecule has 0 aliphatic carbocycles. The molecule has 0 fully saturated rings. The first-order chi connectivity index (χ1) is 11.3. The highest BCUT2D eigenvalue weighted by molar-refractivity contribution is 6.02. The molecule has 2 heterocycles. The van der Waals surface area contributed by atoms with E-state index in [2.05, 4.69) is 20.3 Å². The molecule has 0 atom stereocenters. The van der Waals surface area contributed by atoms with Gasteiger partial charge in [-0.1, -0.05) is 30.3 Å². The summed E-state index contributed by atoms with van der Waals surface area (Å²) in [6, 6.07) is 14.7. The molecule has 0 bridgehead atoms. The molecule has 0 unspecified atom stereocenters. The highest BCUT2D eigenvalue weighted by atomic mass is 16.5. The van der Waals surface area contributed by atoms with Crippen molar-refractivity contribution in [1.29, 1.82) is 0 Å². The van der Waals surface area contributed by atoms with Gasteiger partial charge in [0.15, 0.2) is 0 Å². The third-order valence-corrected chi connectivity index (χ3v) is 3.02. The zero-order valence-electron chi connectivity index (χ0n) is 12.2. The molecule has 6 nitrogen and oxygen atoms in total. The van der Waals surface area contributed by atoms with Gasteiger partial charge in [-0.3, -0.25) is 9.78 Å². The SMILES string of the molecule is O=C(Nc1cccnc1)c1cc(OCc2ccccc2)ncn1. The maximum Gasteiger partial charge on any atom is 0.274 e. The smallest absolute Gasteiger partial charge is 0.274 e. The van der Waals surface area contributed by atoms with Crippen molar-refractivity contribution in [1.82, 2.24) is 15.0 Å². The predicted octanol–water partition coefficient (Wildman–Crippen LogP) is 2.70. The molecule has 1 N–H and O–H groups in total. The summed E-state index contributed by atoms with van der Waals surface area (Å²) in [5.41, 5.74) is 1.85. The van der Waals surface area contributed by atoms with E-state index in [1.807, 2.05) is 30.3 Å². The van der Waals surface area contributed by atoms with Crippen LogP contribution in [0.4, 0.5) is 5.69 Å². The first-order valence-corrected chi connectivity index (χ1v) is 7.01. The number of nitrogens with one attached hydrogen (secondary N) is 1. The Morgan fingerprint density at radius 2 is 1.96 bits per heavy atom. The van der Waals surface area contributed by atoms with Crippen molar-refractivity contribution < 1.29 is 9.53 Å². The Kier molecular flexibility index (Phi) is 4.54. The van der Waals surface area contributed by atoms with Gasteiger partial charge in [-0.05, 0) is 17.7 Å². The van der Waals surface area contributed by atoms with Crippen LogP contribution in [0, 0.1) is 0 Å². The number of carbonyl (C=O) groups excluding carboxylic acids is 1. The number of amides is 1. The molecule has 3 rings (SSSR count). The first kappa shape index (κ1) is 14.6. The second-order valence-electron chi connectivity index (χ2n) is 4.71. The average molecular weight is 306 g/mol. The first-order valence-electron chi connectivity index (χ1n) is 7.01. The fraction of sp³-hybridized carbons (Fsp3) is 0.0588. The van der Waals surface area contributed by atoms with Gasteiger partial charge >= 0.3 is 0 Å². The van der Waals surface area contributed by atoms with Crippen molar-refractivity contribution >= 4 is 11.6 Å². The maximum atomic E-state index is 12.2. The molecule has 0 saturated heterocycles. The molecular weight excluding hydrogens is 292 g/mol. The lowest BCUT2D eigenvalue weighted by Crippen LogP contribution is -2.14. The average Bonchev–Trinajstić information content (AvgIpc) is 2.62. The minimum absolute atomic E-state index is 0.229. The number of nitrogens with zero attached hydrogens (tertiary/aromatic N) is 3. The summed E-state index contributed by atoms with van der Waals surface area (Å²) in [7, 11) is 0. The minimum Gasteiger partial charge on any atom is -0.473 e. The standard InChI is InChI=1S/C17H14N4O2/c22-17(21-14-7-4-8-18-10-14)15-9-16(20-12-19-15)23-11-13-5-2-1-3-6-13/h1-10,12H,11H2,(H,21,22). The van der Waals surface area contributed by atoms with Crippen LogP contribution < -0.4 is 10.1 Å². The van der Waals surface area contributed by atoms with Crippen LogP contribution in [0.2, 0.25) is 0 Å². The number of carbonyl (C=O) groups is 1. The largest absolute Gasteiger partial charge is 0.473 e. The molecule has 3 aromatic rings. The van der Waals surface area contributed by atoms with E-state index in [4.69, 9.17) is 4.74 Å². The monoisotopic (exact) mass is 306 g/mol. The van der Waals surface area contributed by atoms with Crippen LogP contribution in [-0.4, -0.2) is 20.9 Å². The Balaban J connectivity index is 1.66. The van der Waals surface area contributed by atoms with Gasteiger partial charge in [0, 0.05) is 12.3 Å². The Morgan fingerprint density at radius 1 is 1.09 bits per heavy atom. The molecule has 2 aromatic heterocycles. The maximum absolute atomic E-state index is 12.2. The van der Waals surface area contributed by atoms with Gasteiger partial charge in [-0.25, -0.2) is 9.97 Å². The predicted molar refractivity (Wildman–Crippen MR) is 85.0 cm³/mol. The van der Waals surface area contributed by atoms with Crippen LogP contribution in [0.25, 0.3) is 0 Å². The van der Waals surface area contributed by atoms with Gasteiger partial charge in [0.1, 0.15) is 18.6 Å². The van der Waals surface area contributed by atoms with E-state index in [1.165, 1.54) is 12.4 Å². The molecule has 0 spiro atoms. The summed E-state index contributed by atoms with van der Waals surface area (Å²) >= 11 is 0. The van der Waals surface area contributed by atoms with Gasteiger partial charge in [0.05, 0.1) is 11.9 Å². The topological polar surface area (TPSA) is 77.0 Å². The zero-order chi connectivity index (χ0) is 15.9. The summed E-state index contributed by atoms with van der Waals surface area (Å²) in [6.45, 7) is 0.377. The lowest BCUT2D eigenvalue weighted by Gasteiger charge is -2.07. The third kappa shape index (κ3) is 4.10. The summed E-state index contributed by atoms with van der Waals surface area (Å²) < 4.78 is 5.59. The van der Waals surface area contributed by atoms with E-state index in [0.29, 0.717) is 18.2 Å². The molecular formula is C17H14N4O2. The lowest BCUT2D eigenvalue weighted by atomic mass is 10.2. The molecule has 0 radical (unpaired) electrons. The number of ether oxygens (including phenoxy) is 1. The van der Waals surface area contributed by atoms with Crippen molar-refractivity contribution in [2.75, 3.05) is 5.32 Å². The molecule has 1 aromatic carbocycles. The van der Waals surface area contributed by atoms with Gasteiger partial charge in [0.25, 0.3) is 5.91 Å². The highest BCUT2D eigenvalue weighted by Gasteiger charge is 2.10. The van der Waals surface area contributed by atoms with Crippen LogP contribution in [0.1, 0.15) is 16.1 Å². The second kappa shape index (κ2) is 7.13. The Labute approximate surface area is 133 Å². The number of hydrogen-bond acceptors (Lipinski definition) is 5. The van der Waals surface area contributed by atoms with E-state index in [9.17, 15) is 4.79 Å². The third-order valence-electron chi connectivity index (χ3n) is 3.02. The number of benzene rings is 1. The normalized spacial score (nSPS) is 10.1. The summed E-state index contributed by atoms with van der Waals surface area (Å²) in [4.78, 5) is 24.1. The van der Waals surface area contributed by atoms with E-state index in [-0.39, 0.29) is 11.6 Å². The number of aromatic nitrogens is 3. The molecule has 0 aliphatic rings. The van der Waals surface area contributed by atoms with Crippen molar-refractivity contribution in [3.05, 3.63) is 78.5 Å². The Morgan fingerprint density at radius 3 is 2.74 bits per heavy atom. The van der Waals surface area contributed by atoms with Crippen molar-refractivity contribution in [3.8, 4) is 5.88 Å². The van der Waals surface area contributed by atoms with Gasteiger partial charge in [-0.15, -0.1) is 0 Å². The van der Waals surface area contributed by atoms with Gasteiger partial charge in [-0.2, -0.15) is 0 Å². The summed E-state index contributed by atoms with van der Waals surface area (Å²) in [5.74, 6) is 0.00477. The quantitative estimate of drug-likeness (QED) is 0.784. The molecule has 0 aliphatic heterocycles. The molecule has 23 heavy (non-hydrogen) atoms. The second-order valence-corrected chi connectivity index (χ2v) is 4.71. The highest BCUT2D eigenvalue weighted by Crippen LogP contribution is 2.12. The van der Waals surface area contributed by atoms with Crippen molar-refractivity contribution in [2.45, 2.75) is 6.61 Å². The van der Waals surface area contributed by atoms with Crippen molar-refractivity contribution in [3.63, 3.8) is 0 Å². The van der Waals surface area contributed by atoms with E-state index >= 15 is 0 Å². The number of anilines is 1. The van der Waals surface area contributed by atoms with Crippen LogP contribution in [0.3, 0.4) is 0 Å². The van der Waals surface area contributed by atoms with Crippen molar-refractivity contribution in [2.24, 2.45) is 0 Å². The Bertz CT molecular complexity index is 779. The fourth-order valence-corrected chi connectivity index (χ4v) is 1.91. The summed E-state index contributed by atoms with van der Waals surface area (Å²) in [5, 5.41) is 2.71.